The van der Waals surface area contributed by atoms with E-state index < -0.39 is 0 Å². The highest BCUT2D eigenvalue weighted by molar-refractivity contribution is 6.11. The highest BCUT2D eigenvalue weighted by atomic mass is 15.1. The molecule has 2 heteroatoms. The molecule has 0 saturated heterocycles. The van der Waals surface area contributed by atoms with Gasteiger partial charge in [0.15, 0.2) is 0 Å². The van der Waals surface area contributed by atoms with Crippen molar-refractivity contribution < 1.29 is 0 Å². The summed E-state index contributed by atoms with van der Waals surface area (Å²) in [7, 11) is 0. The number of allylic oxidation sites excluding steroid dienone is 7. The van der Waals surface area contributed by atoms with E-state index >= 15 is 0 Å². The molecule has 0 spiro atoms. The van der Waals surface area contributed by atoms with Gasteiger partial charge in [-0.3, -0.25) is 0 Å². The molecule has 0 saturated carbocycles. The van der Waals surface area contributed by atoms with Crippen LogP contribution in [0.15, 0.2) is 321 Å². The predicted molar refractivity (Wildman–Crippen MR) is 335 cm³/mol. The minimum Gasteiger partial charge on any atom is -0.309 e. The van der Waals surface area contributed by atoms with Crippen LogP contribution in [0.4, 0.5) is 11.4 Å². The zero-order chi connectivity index (χ0) is 53.0. The summed E-state index contributed by atoms with van der Waals surface area (Å²) in [6, 6.07) is 95.0. The summed E-state index contributed by atoms with van der Waals surface area (Å²) in [6.45, 7) is 12.7. The first-order chi connectivity index (χ1) is 38.5. The zero-order valence-electron chi connectivity index (χ0n) is 44.0. The maximum atomic E-state index is 4.43. The molecule has 372 valence electrons. The second kappa shape index (κ2) is 21.7. The molecule has 12 aromatic rings. The van der Waals surface area contributed by atoms with Gasteiger partial charge in [-0.2, -0.15) is 0 Å². The van der Waals surface area contributed by atoms with Crippen LogP contribution in [0.25, 0.3) is 105 Å². The quantitative estimate of drug-likeness (QED) is 0.0986. The van der Waals surface area contributed by atoms with Crippen molar-refractivity contribution in [2.45, 2.75) is 13.8 Å². The fourth-order valence-corrected chi connectivity index (χ4v) is 11.0. The molecule has 0 atom stereocenters. The molecule has 1 aromatic heterocycles. The third-order valence-corrected chi connectivity index (χ3v) is 14.9. The second-order valence-corrected chi connectivity index (χ2v) is 19.7. The highest BCUT2D eigenvalue weighted by Crippen LogP contribution is 2.42. The van der Waals surface area contributed by atoms with Crippen LogP contribution in [0.2, 0.25) is 0 Å². The molecule has 1 heterocycles. The Bertz CT molecular complexity index is 4160. The Morgan fingerprint density at radius 3 is 1.41 bits per heavy atom. The van der Waals surface area contributed by atoms with Crippen molar-refractivity contribution in [2.24, 2.45) is 0 Å². The van der Waals surface area contributed by atoms with Crippen LogP contribution in [-0.4, -0.2) is 4.57 Å². The number of benzene rings is 11. The summed E-state index contributed by atoms with van der Waals surface area (Å²) in [6.07, 6.45) is 10.3. The SMILES string of the molecule is C=CC(=C)C(/C=C\C)=C(\C=C/C)N(c1cccc(-c2ccc(-c3ccc4c(c3)c3ccccc3n4-c3cc(-c4ccc(-c5ccccc5)cc4)cc(-c4ccc(-c5ccccc5)cc4)c3)cc2)c1)c1cccc2ccccc12. The van der Waals surface area contributed by atoms with Gasteiger partial charge in [0.05, 0.1) is 22.4 Å². The van der Waals surface area contributed by atoms with Gasteiger partial charge in [-0.05, 0) is 152 Å². The molecule has 0 radical (unpaired) electrons. The molecule has 2 nitrogen and oxygen atoms in total. The van der Waals surface area contributed by atoms with E-state index in [4.69, 9.17) is 0 Å². The summed E-state index contributed by atoms with van der Waals surface area (Å²) in [4.78, 5) is 2.36. The summed E-state index contributed by atoms with van der Waals surface area (Å²) in [5.74, 6) is 0. The number of para-hydroxylation sites is 1. The molecular weight excluding hydrogens is 941 g/mol. The van der Waals surface area contributed by atoms with E-state index in [1.807, 2.05) is 13.0 Å². The van der Waals surface area contributed by atoms with Gasteiger partial charge in [0.1, 0.15) is 0 Å². The number of aromatic nitrogens is 1. The summed E-state index contributed by atoms with van der Waals surface area (Å²) >= 11 is 0. The van der Waals surface area contributed by atoms with Crippen LogP contribution in [0.5, 0.6) is 0 Å². The molecule has 11 aromatic carbocycles. The molecule has 0 aliphatic carbocycles. The fraction of sp³-hybridized carbons (Fsp3) is 0.0263. The fourth-order valence-electron chi connectivity index (χ4n) is 11.0. The first-order valence-corrected chi connectivity index (χ1v) is 26.8. The largest absolute Gasteiger partial charge is 0.309 e. The Labute approximate surface area is 458 Å². The lowest BCUT2D eigenvalue weighted by atomic mass is 9.95. The number of hydrogen-bond acceptors (Lipinski definition) is 1. The molecule has 12 rings (SSSR count). The molecule has 78 heavy (non-hydrogen) atoms. The molecule has 0 fully saturated rings. The Kier molecular flexibility index (Phi) is 13.6. The van der Waals surface area contributed by atoms with Gasteiger partial charge in [0.2, 0.25) is 0 Å². The van der Waals surface area contributed by atoms with Gasteiger partial charge in [0.25, 0.3) is 0 Å². The average molecular weight is 999 g/mol. The third kappa shape index (κ3) is 9.53. The molecule has 0 aliphatic rings. The number of hydrogen-bond donors (Lipinski definition) is 0. The Hall–Kier alpha value is -10.0. The maximum absolute atomic E-state index is 4.43. The zero-order valence-corrected chi connectivity index (χ0v) is 44.0. The third-order valence-electron chi connectivity index (χ3n) is 14.9. The average Bonchev–Trinajstić information content (AvgIpc) is 3.95. The Morgan fingerprint density at radius 1 is 0.372 bits per heavy atom. The standard InChI is InChI=1S/C76H58N2/c1-5-20-69(53(4)7-3)73(21-6-2)77(74-33-19-27-62-26-14-15-30-70(62)74)67-29-18-28-63(49-67)58-38-40-59(41-39-58)64-46-47-76-72(52-64)71-31-16-17-32-75(71)78(76)68-50-65(60-42-34-56(35-43-60)54-22-10-8-11-23-54)48-66(51-68)61-44-36-57(37-45-61)55-24-12-9-13-25-55/h5-52H,3-4H2,1-2H3/b20-5-,21-6-,73-69+. The van der Waals surface area contributed by atoms with E-state index in [1.54, 1.807) is 0 Å². The second-order valence-electron chi connectivity index (χ2n) is 19.7. The molecule has 0 amide bonds. The van der Waals surface area contributed by atoms with Gasteiger partial charge < -0.3 is 9.47 Å². The molecule has 0 bridgehead atoms. The van der Waals surface area contributed by atoms with Gasteiger partial charge in [-0.1, -0.05) is 244 Å². The maximum Gasteiger partial charge on any atom is 0.0541 e. The van der Waals surface area contributed by atoms with Crippen molar-refractivity contribution in [3.05, 3.63) is 321 Å². The summed E-state index contributed by atoms with van der Waals surface area (Å²) in [5, 5.41) is 4.76. The van der Waals surface area contributed by atoms with Crippen molar-refractivity contribution in [2.75, 3.05) is 4.90 Å². The van der Waals surface area contributed by atoms with Crippen molar-refractivity contribution in [3.8, 4) is 72.4 Å². The number of fused-ring (bicyclic) bond motifs is 4. The van der Waals surface area contributed by atoms with Crippen molar-refractivity contribution in [1.29, 1.82) is 0 Å². The predicted octanol–water partition coefficient (Wildman–Crippen LogP) is 21.2. The molecule has 0 aliphatic heterocycles. The molecular formula is C76H58N2. The topological polar surface area (TPSA) is 8.17 Å². The Balaban J connectivity index is 0.930. The van der Waals surface area contributed by atoms with E-state index in [9.17, 15) is 0 Å². The van der Waals surface area contributed by atoms with Gasteiger partial charge in [0, 0.05) is 33.1 Å². The van der Waals surface area contributed by atoms with Crippen LogP contribution in [0.3, 0.4) is 0 Å². The van der Waals surface area contributed by atoms with Crippen molar-refractivity contribution >= 4 is 44.0 Å². The lowest BCUT2D eigenvalue weighted by molar-refractivity contribution is 1.18. The van der Waals surface area contributed by atoms with Crippen LogP contribution < -0.4 is 4.90 Å². The summed E-state index contributed by atoms with van der Waals surface area (Å²) in [5.41, 5.74) is 22.5. The lowest BCUT2D eigenvalue weighted by Crippen LogP contribution is -2.18. The minimum atomic E-state index is 0.853. The first-order valence-electron chi connectivity index (χ1n) is 26.8. The van der Waals surface area contributed by atoms with Crippen LogP contribution in [0.1, 0.15) is 13.8 Å². The van der Waals surface area contributed by atoms with E-state index in [0.717, 1.165) is 72.6 Å². The summed E-state index contributed by atoms with van der Waals surface area (Å²) < 4.78 is 2.45. The van der Waals surface area contributed by atoms with Gasteiger partial charge >= 0.3 is 0 Å². The van der Waals surface area contributed by atoms with Crippen molar-refractivity contribution in [3.63, 3.8) is 0 Å². The minimum absolute atomic E-state index is 0.853. The number of rotatable bonds is 14. The highest BCUT2D eigenvalue weighted by Gasteiger charge is 2.21. The van der Waals surface area contributed by atoms with Gasteiger partial charge in [-0.15, -0.1) is 0 Å². The van der Waals surface area contributed by atoms with Crippen molar-refractivity contribution in [1.82, 2.24) is 4.57 Å². The van der Waals surface area contributed by atoms with Crippen LogP contribution >= 0.6 is 0 Å². The monoisotopic (exact) mass is 998 g/mol. The number of anilines is 2. The smallest absolute Gasteiger partial charge is 0.0541 e. The van der Waals surface area contributed by atoms with Crippen LogP contribution in [0, 0.1) is 0 Å². The first kappa shape index (κ1) is 48.9. The van der Waals surface area contributed by atoms with E-state index in [1.165, 1.54) is 60.6 Å². The van der Waals surface area contributed by atoms with Gasteiger partial charge in [-0.25, -0.2) is 0 Å². The molecule has 0 unspecified atom stereocenters. The number of nitrogens with zero attached hydrogens (tertiary/aromatic N) is 2. The Morgan fingerprint density at radius 2 is 0.821 bits per heavy atom. The molecule has 0 N–H and O–H groups in total. The lowest BCUT2D eigenvalue weighted by Gasteiger charge is -2.30. The van der Waals surface area contributed by atoms with E-state index in [2.05, 4.69) is 315 Å². The van der Waals surface area contributed by atoms with Crippen LogP contribution in [-0.2, 0) is 0 Å². The van der Waals surface area contributed by atoms with E-state index in [0.29, 0.717) is 0 Å². The van der Waals surface area contributed by atoms with E-state index in [-0.39, 0.29) is 0 Å². The normalized spacial score (nSPS) is 11.9.